The van der Waals surface area contributed by atoms with Gasteiger partial charge in [0.15, 0.2) is 0 Å². The average molecular weight is 288 g/mol. The maximum absolute atomic E-state index is 4.43. The number of halogens is 1. The van der Waals surface area contributed by atoms with Crippen molar-refractivity contribution in [2.45, 2.75) is 39.7 Å². The zero-order chi connectivity index (χ0) is 12.3. The first kappa shape index (κ1) is 13.7. The summed E-state index contributed by atoms with van der Waals surface area (Å²) in [7, 11) is 2.00. The molecule has 3 nitrogen and oxygen atoms in total. The molecule has 4 heteroatoms. The van der Waals surface area contributed by atoms with E-state index in [0.717, 1.165) is 11.0 Å². The molecule has 2 atom stereocenters. The maximum Gasteiger partial charge on any atom is 0.0635 e. The summed E-state index contributed by atoms with van der Waals surface area (Å²) in [5.41, 5.74) is 1.30. The third kappa shape index (κ3) is 2.86. The third-order valence-electron chi connectivity index (χ3n) is 3.09. The fraction of sp³-hybridized carbons (Fsp3) is 0.750. The molecule has 0 bridgehead atoms. The fourth-order valence-corrected chi connectivity index (χ4v) is 2.59. The Balaban J connectivity index is 2.97. The summed E-state index contributed by atoms with van der Waals surface area (Å²) in [6.45, 7) is 9.89. The summed E-state index contributed by atoms with van der Waals surface area (Å²) in [6, 6.07) is 0.408. The Bertz CT molecular complexity index is 333. The second-order valence-electron chi connectivity index (χ2n) is 4.74. The smallest absolute Gasteiger partial charge is 0.0635 e. The fourth-order valence-electron chi connectivity index (χ4n) is 1.96. The van der Waals surface area contributed by atoms with E-state index in [1.165, 1.54) is 5.69 Å². The molecule has 0 fully saturated rings. The van der Waals surface area contributed by atoms with Crippen LogP contribution in [0.5, 0.6) is 0 Å². The first-order chi connectivity index (χ1) is 7.49. The lowest BCUT2D eigenvalue weighted by Crippen LogP contribution is -2.23. The van der Waals surface area contributed by atoms with Gasteiger partial charge in [0.25, 0.3) is 0 Å². The van der Waals surface area contributed by atoms with Crippen LogP contribution < -0.4 is 5.32 Å². The van der Waals surface area contributed by atoms with Crippen LogP contribution in [0.4, 0.5) is 0 Å². The Morgan fingerprint density at radius 1 is 1.38 bits per heavy atom. The van der Waals surface area contributed by atoms with Gasteiger partial charge in [-0.15, -0.1) is 0 Å². The van der Waals surface area contributed by atoms with Gasteiger partial charge in [-0.3, -0.25) is 4.68 Å². The molecule has 1 N–H and O–H groups in total. The van der Waals surface area contributed by atoms with Gasteiger partial charge in [0.2, 0.25) is 0 Å². The van der Waals surface area contributed by atoms with E-state index < -0.39 is 0 Å². The van der Waals surface area contributed by atoms with Crippen LogP contribution >= 0.6 is 15.9 Å². The van der Waals surface area contributed by atoms with Crippen LogP contribution in [0, 0.1) is 5.92 Å². The Labute approximate surface area is 107 Å². The van der Waals surface area contributed by atoms with Crippen LogP contribution in [-0.2, 0) is 0 Å². The van der Waals surface area contributed by atoms with E-state index in [4.69, 9.17) is 0 Å². The molecule has 0 aliphatic carbocycles. The lowest BCUT2D eigenvalue weighted by molar-refractivity contribution is 0.414. The van der Waals surface area contributed by atoms with E-state index in [-0.39, 0.29) is 0 Å². The molecule has 1 aromatic rings. The second-order valence-corrected chi connectivity index (χ2v) is 5.59. The van der Waals surface area contributed by atoms with E-state index in [0.29, 0.717) is 17.9 Å². The molecule has 0 aliphatic rings. The molecular formula is C12H22BrN3. The Morgan fingerprint density at radius 2 is 2.00 bits per heavy atom. The van der Waals surface area contributed by atoms with Crippen LogP contribution in [0.25, 0.3) is 0 Å². The highest BCUT2D eigenvalue weighted by Crippen LogP contribution is 2.31. The highest BCUT2D eigenvalue weighted by Gasteiger charge is 2.22. The van der Waals surface area contributed by atoms with Crippen molar-refractivity contribution >= 4 is 15.9 Å². The molecule has 1 aromatic heterocycles. The van der Waals surface area contributed by atoms with E-state index in [9.17, 15) is 0 Å². The minimum Gasteiger partial charge on any atom is -0.319 e. The van der Waals surface area contributed by atoms with Gasteiger partial charge in [-0.1, -0.05) is 13.8 Å². The summed E-state index contributed by atoms with van der Waals surface area (Å²) >= 11 is 3.60. The first-order valence-electron chi connectivity index (χ1n) is 5.86. The molecule has 1 heterocycles. The number of nitrogens with zero attached hydrogens (tertiary/aromatic N) is 2. The lowest BCUT2D eigenvalue weighted by atomic mass is 9.92. The normalized spacial score (nSPS) is 15.4. The van der Waals surface area contributed by atoms with Crippen LogP contribution in [0.15, 0.2) is 10.7 Å². The minimum atomic E-state index is 0.408. The van der Waals surface area contributed by atoms with Crippen molar-refractivity contribution in [2.24, 2.45) is 5.92 Å². The number of hydrogen-bond acceptors (Lipinski definition) is 2. The van der Waals surface area contributed by atoms with Crippen molar-refractivity contribution < 1.29 is 0 Å². The van der Waals surface area contributed by atoms with Crippen molar-refractivity contribution in [1.82, 2.24) is 15.1 Å². The van der Waals surface area contributed by atoms with Gasteiger partial charge in [-0.05, 0) is 49.3 Å². The largest absolute Gasteiger partial charge is 0.319 e. The van der Waals surface area contributed by atoms with Gasteiger partial charge in [-0.2, -0.15) is 5.10 Å². The van der Waals surface area contributed by atoms with Gasteiger partial charge < -0.3 is 5.32 Å². The Kier molecular flexibility index (Phi) is 4.99. The molecule has 0 aromatic carbocycles. The molecule has 0 spiro atoms. The molecule has 2 unspecified atom stereocenters. The van der Waals surface area contributed by atoms with Crippen LogP contribution in [0.1, 0.15) is 45.3 Å². The van der Waals surface area contributed by atoms with E-state index >= 15 is 0 Å². The highest BCUT2D eigenvalue weighted by molar-refractivity contribution is 9.10. The number of aromatic nitrogens is 2. The molecule has 92 valence electrons. The Morgan fingerprint density at radius 3 is 2.50 bits per heavy atom. The standard InChI is InChI=1S/C12H22BrN3/c1-8(2)16-12(11(13)7-15-16)10(4)9(3)6-14-5/h7-10,14H,6H2,1-5H3. The van der Waals surface area contributed by atoms with Crippen molar-refractivity contribution in [1.29, 1.82) is 0 Å². The molecule has 0 saturated heterocycles. The van der Waals surface area contributed by atoms with E-state index in [2.05, 4.69) is 58.7 Å². The number of nitrogens with one attached hydrogen (secondary N) is 1. The molecule has 0 aliphatic heterocycles. The Hall–Kier alpha value is -0.350. The highest BCUT2D eigenvalue weighted by atomic mass is 79.9. The molecule has 1 rings (SSSR count). The van der Waals surface area contributed by atoms with Crippen LogP contribution in [0.3, 0.4) is 0 Å². The monoisotopic (exact) mass is 287 g/mol. The maximum atomic E-state index is 4.43. The first-order valence-corrected chi connectivity index (χ1v) is 6.65. The lowest BCUT2D eigenvalue weighted by Gasteiger charge is -2.23. The summed E-state index contributed by atoms with van der Waals surface area (Å²) in [5, 5.41) is 7.66. The van der Waals surface area contributed by atoms with Crippen LogP contribution in [0.2, 0.25) is 0 Å². The molecule has 0 saturated carbocycles. The summed E-state index contributed by atoms with van der Waals surface area (Å²) in [4.78, 5) is 0. The molecular weight excluding hydrogens is 266 g/mol. The van der Waals surface area contributed by atoms with Gasteiger partial charge in [-0.25, -0.2) is 0 Å². The van der Waals surface area contributed by atoms with Crippen molar-refractivity contribution in [3.63, 3.8) is 0 Å². The SMILES string of the molecule is CNCC(C)C(C)c1c(Br)cnn1C(C)C. The van der Waals surface area contributed by atoms with Gasteiger partial charge in [0, 0.05) is 12.0 Å². The van der Waals surface area contributed by atoms with Crippen molar-refractivity contribution in [3.05, 3.63) is 16.4 Å². The zero-order valence-corrected chi connectivity index (χ0v) is 12.4. The van der Waals surface area contributed by atoms with Crippen molar-refractivity contribution in [3.8, 4) is 0 Å². The number of rotatable bonds is 5. The van der Waals surface area contributed by atoms with Gasteiger partial charge >= 0.3 is 0 Å². The van der Waals surface area contributed by atoms with Crippen molar-refractivity contribution in [2.75, 3.05) is 13.6 Å². The second kappa shape index (κ2) is 5.82. The molecule has 16 heavy (non-hydrogen) atoms. The van der Waals surface area contributed by atoms with Gasteiger partial charge in [0.1, 0.15) is 0 Å². The summed E-state index contributed by atoms with van der Waals surface area (Å²) < 4.78 is 3.23. The average Bonchev–Trinajstić information content (AvgIpc) is 2.59. The van der Waals surface area contributed by atoms with Crippen LogP contribution in [-0.4, -0.2) is 23.4 Å². The minimum absolute atomic E-state index is 0.408. The third-order valence-corrected chi connectivity index (χ3v) is 3.70. The van der Waals surface area contributed by atoms with E-state index in [1.54, 1.807) is 0 Å². The number of hydrogen-bond donors (Lipinski definition) is 1. The topological polar surface area (TPSA) is 29.9 Å². The van der Waals surface area contributed by atoms with Gasteiger partial charge in [0.05, 0.1) is 16.4 Å². The molecule has 0 amide bonds. The molecule has 0 radical (unpaired) electrons. The predicted molar refractivity (Wildman–Crippen MR) is 71.8 cm³/mol. The quantitative estimate of drug-likeness (QED) is 0.901. The zero-order valence-electron chi connectivity index (χ0n) is 10.8. The summed E-state index contributed by atoms with van der Waals surface area (Å²) in [6.07, 6.45) is 1.90. The van der Waals surface area contributed by atoms with E-state index in [1.807, 2.05) is 13.2 Å². The predicted octanol–water partition coefficient (Wildman–Crippen LogP) is 3.19. The summed E-state index contributed by atoms with van der Waals surface area (Å²) in [5.74, 6) is 1.09.